The highest BCUT2D eigenvalue weighted by Crippen LogP contribution is 2.22. The first-order valence-corrected chi connectivity index (χ1v) is 6.74. The molecular weight excluding hydrogens is 320 g/mol. The van der Waals surface area contributed by atoms with Gasteiger partial charge in [0.2, 0.25) is 0 Å². The van der Waals surface area contributed by atoms with Gasteiger partial charge < -0.3 is 9.84 Å². The summed E-state index contributed by atoms with van der Waals surface area (Å²) in [6.07, 6.45) is 1.64. The van der Waals surface area contributed by atoms with E-state index in [0.29, 0.717) is 5.56 Å². The molecule has 0 saturated heterocycles. The van der Waals surface area contributed by atoms with Crippen LogP contribution in [0.5, 0.6) is 5.75 Å². The summed E-state index contributed by atoms with van der Waals surface area (Å²) in [6.45, 7) is 0. The Morgan fingerprint density at radius 3 is 2.20 bits per heavy atom. The van der Waals surface area contributed by atoms with E-state index < -0.39 is 5.97 Å². The van der Waals surface area contributed by atoms with Gasteiger partial charge in [-0.05, 0) is 41.5 Å². The number of methoxy groups -OCH3 is 1. The molecule has 0 aromatic heterocycles. The zero-order valence-electron chi connectivity index (χ0n) is 10.8. The molecule has 4 heteroatoms. The standard InChI is InChI=1S/C16H13BrO3/c1-20-14-8-2-11(3-9-14)10-15(16(18)19)12-4-6-13(17)7-5-12/h2-10H,1H3,(H,18,19)/b15-10+. The predicted molar refractivity (Wildman–Crippen MR) is 82.6 cm³/mol. The van der Waals surface area contributed by atoms with Gasteiger partial charge in [-0.2, -0.15) is 0 Å². The number of aliphatic carboxylic acids is 1. The molecule has 0 aliphatic rings. The van der Waals surface area contributed by atoms with Gasteiger partial charge in [-0.3, -0.25) is 0 Å². The maximum atomic E-state index is 11.4. The van der Waals surface area contributed by atoms with Crippen LogP contribution >= 0.6 is 15.9 Å². The van der Waals surface area contributed by atoms with E-state index in [1.165, 1.54) is 0 Å². The molecule has 20 heavy (non-hydrogen) atoms. The Morgan fingerprint density at radius 2 is 1.70 bits per heavy atom. The number of rotatable bonds is 4. The number of hydrogen-bond donors (Lipinski definition) is 1. The van der Waals surface area contributed by atoms with E-state index in [1.54, 1.807) is 37.5 Å². The third-order valence-corrected chi connectivity index (χ3v) is 3.34. The van der Waals surface area contributed by atoms with Gasteiger partial charge >= 0.3 is 5.97 Å². The monoisotopic (exact) mass is 332 g/mol. The van der Waals surface area contributed by atoms with Crippen molar-refractivity contribution in [3.05, 3.63) is 64.1 Å². The van der Waals surface area contributed by atoms with Gasteiger partial charge in [-0.25, -0.2) is 4.79 Å². The van der Waals surface area contributed by atoms with Crippen molar-refractivity contribution in [2.45, 2.75) is 0 Å². The first-order valence-electron chi connectivity index (χ1n) is 5.95. The molecule has 0 atom stereocenters. The van der Waals surface area contributed by atoms with Crippen LogP contribution in [0.15, 0.2) is 53.0 Å². The topological polar surface area (TPSA) is 46.5 Å². The average molecular weight is 333 g/mol. The number of halogens is 1. The molecule has 102 valence electrons. The molecule has 2 aromatic carbocycles. The summed E-state index contributed by atoms with van der Waals surface area (Å²) in [5.41, 5.74) is 1.73. The fourth-order valence-corrected chi connectivity index (χ4v) is 2.03. The number of hydrogen-bond acceptors (Lipinski definition) is 2. The van der Waals surface area contributed by atoms with Gasteiger partial charge in [-0.1, -0.05) is 40.2 Å². The summed E-state index contributed by atoms with van der Waals surface area (Å²) < 4.78 is 5.99. The molecule has 0 aliphatic heterocycles. The van der Waals surface area contributed by atoms with E-state index in [1.807, 2.05) is 24.3 Å². The fourth-order valence-electron chi connectivity index (χ4n) is 1.76. The highest BCUT2D eigenvalue weighted by molar-refractivity contribution is 9.10. The maximum absolute atomic E-state index is 11.4. The molecule has 0 radical (unpaired) electrons. The van der Waals surface area contributed by atoms with E-state index in [4.69, 9.17) is 4.74 Å². The normalized spacial score (nSPS) is 11.2. The Labute approximate surface area is 125 Å². The zero-order valence-corrected chi connectivity index (χ0v) is 12.4. The third kappa shape index (κ3) is 3.48. The minimum atomic E-state index is -0.955. The first kappa shape index (κ1) is 14.3. The van der Waals surface area contributed by atoms with Crippen LogP contribution in [-0.4, -0.2) is 18.2 Å². The van der Waals surface area contributed by atoms with E-state index in [-0.39, 0.29) is 5.57 Å². The molecule has 0 heterocycles. The van der Waals surface area contributed by atoms with Crippen molar-refractivity contribution in [2.24, 2.45) is 0 Å². The molecule has 2 aromatic rings. The van der Waals surface area contributed by atoms with Crippen LogP contribution in [-0.2, 0) is 4.79 Å². The number of benzene rings is 2. The number of carboxylic acids is 1. The van der Waals surface area contributed by atoms with E-state index in [9.17, 15) is 9.90 Å². The van der Waals surface area contributed by atoms with Gasteiger partial charge in [0.25, 0.3) is 0 Å². The summed E-state index contributed by atoms with van der Waals surface area (Å²) in [5, 5.41) is 9.35. The van der Waals surface area contributed by atoms with Crippen LogP contribution in [0.1, 0.15) is 11.1 Å². The number of ether oxygens (including phenoxy) is 1. The SMILES string of the molecule is COc1ccc(/C=C(/C(=O)O)c2ccc(Br)cc2)cc1. The molecule has 0 saturated carbocycles. The van der Waals surface area contributed by atoms with Gasteiger partial charge in [0.1, 0.15) is 5.75 Å². The molecule has 0 amide bonds. The summed E-state index contributed by atoms with van der Waals surface area (Å²) in [4.78, 5) is 11.4. The predicted octanol–water partition coefficient (Wildman–Crippen LogP) is 4.08. The second-order valence-electron chi connectivity index (χ2n) is 4.14. The van der Waals surface area contributed by atoms with Gasteiger partial charge in [-0.15, -0.1) is 0 Å². The van der Waals surface area contributed by atoms with Gasteiger partial charge in [0.05, 0.1) is 12.7 Å². The Hall–Kier alpha value is -2.07. The number of carboxylic acid groups (broad SMARTS) is 1. The van der Waals surface area contributed by atoms with Crippen LogP contribution in [0.2, 0.25) is 0 Å². The molecule has 0 fully saturated rings. The van der Waals surface area contributed by atoms with Crippen molar-refractivity contribution < 1.29 is 14.6 Å². The second-order valence-corrected chi connectivity index (χ2v) is 5.06. The van der Waals surface area contributed by atoms with Crippen LogP contribution < -0.4 is 4.74 Å². The lowest BCUT2D eigenvalue weighted by Crippen LogP contribution is -1.99. The fraction of sp³-hybridized carbons (Fsp3) is 0.0625. The largest absolute Gasteiger partial charge is 0.497 e. The van der Waals surface area contributed by atoms with Crippen molar-refractivity contribution in [2.75, 3.05) is 7.11 Å². The molecule has 1 N–H and O–H groups in total. The highest BCUT2D eigenvalue weighted by atomic mass is 79.9. The first-order chi connectivity index (χ1) is 9.60. The lowest BCUT2D eigenvalue weighted by atomic mass is 10.0. The molecule has 0 aliphatic carbocycles. The molecule has 3 nitrogen and oxygen atoms in total. The summed E-state index contributed by atoms with van der Waals surface area (Å²) >= 11 is 3.33. The van der Waals surface area contributed by atoms with Crippen LogP contribution in [0, 0.1) is 0 Å². The molecule has 0 unspecified atom stereocenters. The smallest absolute Gasteiger partial charge is 0.336 e. The van der Waals surface area contributed by atoms with Gasteiger partial charge in [0.15, 0.2) is 0 Å². The van der Waals surface area contributed by atoms with Crippen LogP contribution in [0.3, 0.4) is 0 Å². The Morgan fingerprint density at radius 1 is 1.10 bits per heavy atom. The van der Waals surface area contributed by atoms with E-state index in [0.717, 1.165) is 15.8 Å². The minimum absolute atomic E-state index is 0.252. The quantitative estimate of drug-likeness (QED) is 0.677. The third-order valence-electron chi connectivity index (χ3n) is 2.81. The minimum Gasteiger partial charge on any atom is -0.497 e. The molecule has 2 rings (SSSR count). The lowest BCUT2D eigenvalue weighted by Gasteiger charge is -2.04. The maximum Gasteiger partial charge on any atom is 0.336 e. The van der Waals surface area contributed by atoms with Crippen LogP contribution in [0.4, 0.5) is 0 Å². The highest BCUT2D eigenvalue weighted by Gasteiger charge is 2.10. The Kier molecular flexibility index (Phi) is 4.58. The molecule has 0 bridgehead atoms. The van der Waals surface area contributed by atoms with Crippen molar-refractivity contribution in [1.29, 1.82) is 0 Å². The Bertz CT molecular complexity index is 628. The zero-order chi connectivity index (χ0) is 14.5. The summed E-state index contributed by atoms with van der Waals surface area (Å²) in [5.74, 6) is -0.217. The summed E-state index contributed by atoms with van der Waals surface area (Å²) in [6, 6.07) is 14.4. The second kappa shape index (κ2) is 6.39. The van der Waals surface area contributed by atoms with Gasteiger partial charge in [0, 0.05) is 4.47 Å². The number of carbonyl (C=O) groups is 1. The van der Waals surface area contributed by atoms with E-state index >= 15 is 0 Å². The average Bonchev–Trinajstić information content (AvgIpc) is 2.46. The van der Waals surface area contributed by atoms with E-state index in [2.05, 4.69) is 15.9 Å². The van der Waals surface area contributed by atoms with Crippen molar-refractivity contribution in [1.82, 2.24) is 0 Å². The van der Waals surface area contributed by atoms with Crippen molar-refractivity contribution >= 4 is 33.5 Å². The van der Waals surface area contributed by atoms with Crippen molar-refractivity contribution in [3.8, 4) is 5.75 Å². The molecular formula is C16H13BrO3. The van der Waals surface area contributed by atoms with Crippen LogP contribution in [0.25, 0.3) is 11.6 Å². The summed E-state index contributed by atoms with van der Waals surface area (Å²) in [7, 11) is 1.59. The van der Waals surface area contributed by atoms with Crippen molar-refractivity contribution in [3.63, 3.8) is 0 Å². The Balaban J connectivity index is 2.39. The molecule has 0 spiro atoms. The lowest BCUT2D eigenvalue weighted by molar-refractivity contribution is -0.130.